The minimum Gasteiger partial charge on any atom is -0.378 e. The number of rotatable bonds is 8. The summed E-state index contributed by atoms with van der Waals surface area (Å²) in [5, 5.41) is 0. The van der Waals surface area contributed by atoms with Gasteiger partial charge in [0.25, 0.3) is 0 Å². The van der Waals surface area contributed by atoms with E-state index in [1.54, 1.807) is 0 Å². The van der Waals surface area contributed by atoms with Gasteiger partial charge in [-0.25, -0.2) is 0 Å². The van der Waals surface area contributed by atoms with E-state index >= 15 is 0 Å². The molecule has 5 heteroatoms. The van der Waals surface area contributed by atoms with Crippen LogP contribution in [0.5, 0.6) is 0 Å². The molecule has 0 saturated carbocycles. The number of benzene rings is 1. The second-order valence-electron chi connectivity index (χ2n) is 3.89. The third kappa shape index (κ3) is 5.32. The van der Waals surface area contributed by atoms with Crippen LogP contribution in [0.4, 0.5) is 5.69 Å². The van der Waals surface area contributed by atoms with E-state index in [1.165, 1.54) is 5.69 Å². The van der Waals surface area contributed by atoms with Crippen molar-refractivity contribution in [3.63, 3.8) is 0 Å². The summed E-state index contributed by atoms with van der Waals surface area (Å²) in [5.41, 5.74) is 2.29. The van der Waals surface area contributed by atoms with Crippen LogP contribution in [0.25, 0.3) is 0 Å². The average molecular weight is 271 g/mol. The first-order valence-electron chi connectivity index (χ1n) is 6.12. The quantitative estimate of drug-likeness (QED) is 0.676. The second-order valence-corrected chi connectivity index (χ2v) is 5.12. The van der Waals surface area contributed by atoms with E-state index in [9.17, 15) is 0 Å². The van der Waals surface area contributed by atoms with E-state index < -0.39 is 8.60 Å². The van der Waals surface area contributed by atoms with Crippen LogP contribution in [0.2, 0.25) is 0 Å². The zero-order valence-electron chi connectivity index (χ0n) is 11.5. The van der Waals surface area contributed by atoms with Gasteiger partial charge in [0.1, 0.15) is 0 Å². The average Bonchev–Trinajstić information content (AvgIpc) is 2.37. The lowest BCUT2D eigenvalue weighted by molar-refractivity contribution is 0.164. The zero-order chi connectivity index (χ0) is 13.4. The molecule has 4 nitrogen and oxygen atoms in total. The molecule has 0 fully saturated rings. The van der Waals surface area contributed by atoms with E-state index in [4.69, 9.17) is 13.6 Å². The number of hydrogen-bond acceptors (Lipinski definition) is 4. The molecule has 102 valence electrons. The van der Waals surface area contributed by atoms with E-state index in [-0.39, 0.29) is 0 Å². The molecule has 18 heavy (non-hydrogen) atoms. The van der Waals surface area contributed by atoms with Crippen LogP contribution >= 0.6 is 8.60 Å². The Balaban J connectivity index is 2.46. The molecule has 0 bridgehead atoms. The van der Waals surface area contributed by atoms with Crippen LogP contribution in [0, 0.1) is 0 Å². The highest BCUT2D eigenvalue weighted by Gasteiger charge is 2.10. The Hall–Kier alpha value is -0.670. The van der Waals surface area contributed by atoms with Gasteiger partial charge < -0.3 is 18.5 Å². The monoisotopic (exact) mass is 271 g/mol. The first-order valence-corrected chi connectivity index (χ1v) is 7.22. The third-order valence-corrected chi connectivity index (χ3v) is 3.54. The lowest BCUT2D eigenvalue weighted by Crippen LogP contribution is -2.08. The van der Waals surface area contributed by atoms with Gasteiger partial charge >= 0.3 is 8.60 Å². The van der Waals surface area contributed by atoms with Crippen molar-refractivity contribution in [1.82, 2.24) is 0 Å². The Morgan fingerprint density at radius 1 is 0.944 bits per heavy atom. The van der Waals surface area contributed by atoms with Crippen molar-refractivity contribution < 1.29 is 13.6 Å². The highest BCUT2D eigenvalue weighted by molar-refractivity contribution is 7.41. The molecular formula is C13H22NO3P. The van der Waals surface area contributed by atoms with Gasteiger partial charge in [-0.3, -0.25) is 0 Å². The molecule has 0 amide bonds. The summed E-state index contributed by atoms with van der Waals surface area (Å²) in [6.45, 7) is 5.59. The van der Waals surface area contributed by atoms with Crippen LogP contribution in [-0.2, 0) is 20.2 Å². The molecule has 0 saturated heterocycles. The van der Waals surface area contributed by atoms with E-state index in [0.29, 0.717) is 19.8 Å². The fourth-order valence-corrected chi connectivity index (χ4v) is 2.24. The molecule has 0 spiro atoms. The van der Waals surface area contributed by atoms with Crippen molar-refractivity contribution >= 4 is 14.3 Å². The standard InChI is InChI=1S/C13H22NO3P/c1-5-15-18(16-6-2)17-11-12-7-9-13(10-8-12)14(3)4/h7-10H,5-6,11H2,1-4H3. The van der Waals surface area contributed by atoms with Crippen molar-refractivity contribution in [1.29, 1.82) is 0 Å². The number of nitrogens with zero attached hydrogens (tertiary/aromatic N) is 1. The summed E-state index contributed by atoms with van der Waals surface area (Å²) in [6.07, 6.45) is 0. The third-order valence-electron chi connectivity index (χ3n) is 2.26. The van der Waals surface area contributed by atoms with Crippen molar-refractivity contribution in [2.24, 2.45) is 0 Å². The Kier molecular flexibility index (Phi) is 7.21. The number of anilines is 1. The molecule has 0 N–H and O–H groups in total. The first-order chi connectivity index (χ1) is 8.67. The predicted molar refractivity (Wildman–Crippen MR) is 75.7 cm³/mol. The van der Waals surface area contributed by atoms with Gasteiger partial charge in [-0.05, 0) is 31.5 Å². The summed E-state index contributed by atoms with van der Waals surface area (Å²) in [6, 6.07) is 8.26. The second kappa shape index (κ2) is 8.44. The molecule has 0 aliphatic rings. The van der Waals surface area contributed by atoms with Gasteiger partial charge in [0.15, 0.2) is 0 Å². The molecular weight excluding hydrogens is 249 g/mol. The largest absolute Gasteiger partial charge is 0.378 e. The maximum Gasteiger partial charge on any atom is 0.332 e. The fraction of sp³-hybridized carbons (Fsp3) is 0.538. The highest BCUT2D eigenvalue weighted by atomic mass is 31.2. The van der Waals surface area contributed by atoms with Crippen LogP contribution in [0.1, 0.15) is 19.4 Å². The summed E-state index contributed by atoms with van der Waals surface area (Å²) in [7, 11) is 2.83. The van der Waals surface area contributed by atoms with Gasteiger partial charge in [0.2, 0.25) is 0 Å². The fourth-order valence-electron chi connectivity index (χ4n) is 1.34. The van der Waals surface area contributed by atoms with Gasteiger partial charge in [-0.2, -0.15) is 0 Å². The normalized spacial score (nSPS) is 10.9. The van der Waals surface area contributed by atoms with Gasteiger partial charge in [0, 0.05) is 19.8 Å². The summed E-state index contributed by atoms with van der Waals surface area (Å²) >= 11 is 0. The van der Waals surface area contributed by atoms with E-state index in [2.05, 4.69) is 29.2 Å². The van der Waals surface area contributed by atoms with Crippen LogP contribution in [-0.4, -0.2) is 27.3 Å². The Labute approximate surface area is 111 Å². The van der Waals surface area contributed by atoms with Crippen molar-refractivity contribution in [2.75, 3.05) is 32.2 Å². The Bertz CT molecular complexity index is 324. The van der Waals surface area contributed by atoms with Crippen molar-refractivity contribution in [3.05, 3.63) is 29.8 Å². The lowest BCUT2D eigenvalue weighted by Gasteiger charge is -2.16. The molecule has 1 rings (SSSR count). The van der Waals surface area contributed by atoms with Crippen molar-refractivity contribution in [3.8, 4) is 0 Å². The first kappa shape index (κ1) is 15.4. The SMILES string of the molecule is CCOP(OCC)OCc1ccc(N(C)C)cc1. The molecule has 0 unspecified atom stereocenters. The van der Waals surface area contributed by atoms with E-state index in [1.807, 2.05) is 27.9 Å². The van der Waals surface area contributed by atoms with Crippen LogP contribution < -0.4 is 4.90 Å². The predicted octanol–water partition coefficient (Wildman–Crippen LogP) is 3.57. The number of hydrogen-bond donors (Lipinski definition) is 0. The van der Waals surface area contributed by atoms with E-state index in [0.717, 1.165) is 5.56 Å². The minimum atomic E-state index is -1.22. The summed E-state index contributed by atoms with van der Waals surface area (Å²) in [5.74, 6) is 0. The molecule has 0 aliphatic heterocycles. The molecule has 0 aliphatic carbocycles. The lowest BCUT2D eigenvalue weighted by atomic mass is 10.2. The molecule has 0 heterocycles. The maximum absolute atomic E-state index is 5.62. The van der Waals surface area contributed by atoms with Crippen molar-refractivity contribution in [2.45, 2.75) is 20.5 Å². The molecule has 1 aromatic carbocycles. The summed E-state index contributed by atoms with van der Waals surface area (Å²) < 4.78 is 16.4. The van der Waals surface area contributed by atoms with Crippen LogP contribution in [0.3, 0.4) is 0 Å². The zero-order valence-corrected chi connectivity index (χ0v) is 12.4. The molecule has 0 radical (unpaired) electrons. The maximum atomic E-state index is 5.62. The summed E-state index contributed by atoms with van der Waals surface area (Å²) in [4.78, 5) is 2.07. The Morgan fingerprint density at radius 2 is 1.50 bits per heavy atom. The van der Waals surface area contributed by atoms with Gasteiger partial charge in [-0.15, -0.1) is 0 Å². The van der Waals surface area contributed by atoms with Gasteiger partial charge in [-0.1, -0.05) is 12.1 Å². The molecule has 0 aromatic heterocycles. The topological polar surface area (TPSA) is 30.9 Å². The highest BCUT2D eigenvalue weighted by Crippen LogP contribution is 2.40. The Morgan fingerprint density at radius 3 is 1.94 bits per heavy atom. The van der Waals surface area contributed by atoms with Gasteiger partial charge in [0.05, 0.1) is 19.8 Å². The minimum absolute atomic E-state index is 0.513. The smallest absolute Gasteiger partial charge is 0.332 e. The molecule has 1 aromatic rings. The van der Waals surface area contributed by atoms with Crippen LogP contribution in [0.15, 0.2) is 24.3 Å². The molecule has 0 atom stereocenters.